The van der Waals surface area contributed by atoms with E-state index >= 15 is 0 Å². The summed E-state index contributed by atoms with van der Waals surface area (Å²) in [5.41, 5.74) is -0.141. The lowest BCUT2D eigenvalue weighted by molar-refractivity contribution is -0.384. The lowest BCUT2D eigenvalue weighted by Crippen LogP contribution is -2.50. The minimum Gasteiger partial charge on any atom is -0.496 e. The van der Waals surface area contributed by atoms with Gasteiger partial charge in [0.1, 0.15) is 5.75 Å². The number of piperazine rings is 1. The van der Waals surface area contributed by atoms with E-state index in [1.54, 1.807) is 0 Å². The molecule has 0 spiro atoms. The maximum atomic E-state index is 12.8. The van der Waals surface area contributed by atoms with Gasteiger partial charge in [-0.3, -0.25) is 29.8 Å². The van der Waals surface area contributed by atoms with Crippen LogP contribution in [0.25, 0.3) is 0 Å². The van der Waals surface area contributed by atoms with Crippen molar-refractivity contribution in [1.29, 1.82) is 0 Å². The van der Waals surface area contributed by atoms with E-state index in [0.717, 1.165) is 11.3 Å². The standard InChI is InChI=1S/C17H16N4O7S/c1-28-13-3-2-11(20(24)25)10-12(13)16(22)18-6-8-19(9-7-18)17(23)14-4-5-15(29-14)21(26)27/h2-5,10H,6-9H2,1H3. The van der Waals surface area contributed by atoms with Crippen LogP contribution in [0.3, 0.4) is 0 Å². The van der Waals surface area contributed by atoms with E-state index in [4.69, 9.17) is 4.74 Å². The van der Waals surface area contributed by atoms with Crippen molar-refractivity contribution in [3.05, 3.63) is 61.0 Å². The SMILES string of the molecule is COc1ccc([N+](=O)[O-])cc1C(=O)N1CCN(C(=O)c2ccc([N+](=O)[O-])s2)CC1. The van der Waals surface area contributed by atoms with Gasteiger partial charge in [-0.15, -0.1) is 0 Å². The van der Waals surface area contributed by atoms with Gasteiger partial charge >= 0.3 is 5.00 Å². The monoisotopic (exact) mass is 420 g/mol. The molecule has 1 aromatic carbocycles. The fourth-order valence-corrected chi connectivity index (χ4v) is 3.74. The smallest absolute Gasteiger partial charge is 0.324 e. The summed E-state index contributed by atoms with van der Waals surface area (Å²) in [6.07, 6.45) is 0. The van der Waals surface area contributed by atoms with Crippen LogP contribution in [0.4, 0.5) is 10.7 Å². The van der Waals surface area contributed by atoms with E-state index in [0.29, 0.717) is 0 Å². The number of ether oxygens (including phenoxy) is 1. The number of carbonyl (C=O) groups is 2. The molecule has 0 radical (unpaired) electrons. The fourth-order valence-electron chi connectivity index (χ4n) is 2.96. The molecular formula is C17H16N4O7S. The van der Waals surface area contributed by atoms with Crippen molar-refractivity contribution >= 4 is 33.8 Å². The molecule has 29 heavy (non-hydrogen) atoms. The molecule has 152 valence electrons. The first-order valence-corrected chi connectivity index (χ1v) is 9.28. The number of nitro groups is 2. The predicted molar refractivity (Wildman–Crippen MR) is 102 cm³/mol. The second-order valence-electron chi connectivity index (χ2n) is 6.12. The minimum atomic E-state index is -0.590. The first kappa shape index (κ1) is 20.2. The molecule has 0 aliphatic carbocycles. The number of carbonyl (C=O) groups excluding carboxylic acids is 2. The highest BCUT2D eigenvalue weighted by Gasteiger charge is 2.29. The average molecular weight is 420 g/mol. The molecule has 1 aromatic heterocycles. The Labute approximate surface area is 168 Å². The molecule has 0 saturated carbocycles. The average Bonchev–Trinajstić information content (AvgIpc) is 3.23. The second-order valence-corrected chi connectivity index (χ2v) is 7.18. The molecule has 11 nitrogen and oxygen atoms in total. The number of methoxy groups -OCH3 is 1. The number of non-ortho nitro benzene ring substituents is 1. The molecule has 0 unspecified atom stereocenters. The van der Waals surface area contributed by atoms with Gasteiger partial charge in [0.2, 0.25) is 0 Å². The summed E-state index contributed by atoms with van der Waals surface area (Å²) in [6.45, 7) is 0.939. The van der Waals surface area contributed by atoms with Crippen LogP contribution in [-0.2, 0) is 0 Å². The molecule has 1 fully saturated rings. The summed E-state index contributed by atoms with van der Waals surface area (Å²) in [5.74, 6) is -0.530. The van der Waals surface area contributed by atoms with Crippen molar-refractivity contribution in [1.82, 2.24) is 9.80 Å². The molecular weight excluding hydrogens is 404 g/mol. The summed E-state index contributed by atoms with van der Waals surface area (Å²) in [6, 6.07) is 6.49. The van der Waals surface area contributed by atoms with Crippen molar-refractivity contribution in [2.45, 2.75) is 0 Å². The quantitative estimate of drug-likeness (QED) is 0.534. The Balaban J connectivity index is 1.69. The van der Waals surface area contributed by atoms with E-state index in [1.165, 1.54) is 47.2 Å². The highest BCUT2D eigenvalue weighted by molar-refractivity contribution is 7.17. The van der Waals surface area contributed by atoms with Crippen molar-refractivity contribution in [2.24, 2.45) is 0 Å². The fraction of sp³-hybridized carbons (Fsp3) is 0.294. The molecule has 1 saturated heterocycles. The van der Waals surface area contributed by atoms with E-state index in [2.05, 4.69) is 0 Å². The largest absolute Gasteiger partial charge is 0.496 e. The Kier molecular flexibility index (Phi) is 5.73. The minimum absolute atomic E-state index is 0.0790. The third kappa shape index (κ3) is 4.16. The van der Waals surface area contributed by atoms with E-state index in [9.17, 15) is 29.8 Å². The van der Waals surface area contributed by atoms with Crippen LogP contribution in [0, 0.1) is 20.2 Å². The van der Waals surface area contributed by atoms with E-state index < -0.39 is 15.8 Å². The maximum absolute atomic E-state index is 12.8. The van der Waals surface area contributed by atoms with Gasteiger partial charge in [-0.1, -0.05) is 11.3 Å². The topological polar surface area (TPSA) is 136 Å². The predicted octanol–water partition coefficient (Wildman–Crippen LogP) is 2.17. The highest BCUT2D eigenvalue weighted by Crippen LogP contribution is 2.27. The summed E-state index contributed by atoms with van der Waals surface area (Å²) < 4.78 is 5.14. The van der Waals surface area contributed by atoms with E-state index in [1.807, 2.05) is 0 Å². The van der Waals surface area contributed by atoms with Gasteiger partial charge in [0.25, 0.3) is 17.5 Å². The first-order valence-electron chi connectivity index (χ1n) is 8.47. The van der Waals surface area contributed by atoms with Crippen LogP contribution in [0.5, 0.6) is 5.75 Å². The normalized spacial score (nSPS) is 13.8. The molecule has 2 heterocycles. The number of rotatable bonds is 5. The van der Waals surface area contributed by atoms with Gasteiger partial charge in [-0.25, -0.2) is 0 Å². The molecule has 3 rings (SSSR count). The van der Waals surface area contributed by atoms with Crippen LogP contribution in [0.1, 0.15) is 20.0 Å². The van der Waals surface area contributed by atoms with Crippen LogP contribution in [-0.4, -0.2) is 64.7 Å². The lowest BCUT2D eigenvalue weighted by Gasteiger charge is -2.34. The van der Waals surface area contributed by atoms with Crippen LogP contribution < -0.4 is 4.74 Å². The zero-order chi connectivity index (χ0) is 21.1. The molecule has 1 aliphatic rings. The van der Waals surface area contributed by atoms with Gasteiger partial charge in [0.15, 0.2) is 0 Å². The van der Waals surface area contributed by atoms with Gasteiger partial charge < -0.3 is 14.5 Å². The Hall–Kier alpha value is -3.54. The van der Waals surface area contributed by atoms with Crippen LogP contribution >= 0.6 is 11.3 Å². The second kappa shape index (κ2) is 8.22. The molecule has 0 atom stereocenters. The Morgan fingerprint density at radius 2 is 1.59 bits per heavy atom. The Morgan fingerprint density at radius 3 is 2.10 bits per heavy atom. The number of hydrogen-bond donors (Lipinski definition) is 0. The summed E-state index contributed by atoms with van der Waals surface area (Å²) in [7, 11) is 1.37. The van der Waals surface area contributed by atoms with Crippen molar-refractivity contribution in [3.8, 4) is 5.75 Å². The molecule has 12 heteroatoms. The van der Waals surface area contributed by atoms with Crippen LogP contribution in [0.15, 0.2) is 30.3 Å². The zero-order valence-corrected chi connectivity index (χ0v) is 16.1. The third-order valence-electron chi connectivity index (χ3n) is 4.46. The van der Waals surface area contributed by atoms with Crippen LogP contribution in [0.2, 0.25) is 0 Å². The number of nitrogens with zero attached hydrogens (tertiary/aromatic N) is 4. The maximum Gasteiger partial charge on any atom is 0.324 e. The van der Waals surface area contributed by atoms with Gasteiger partial charge in [-0.05, 0) is 12.1 Å². The summed E-state index contributed by atoms with van der Waals surface area (Å²) in [4.78, 5) is 49.3. The Bertz CT molecular complexity index is 982. The van der Waals surface area contributed by atoms with Crippen molar-refractivity contribution in [3.63, 3.8) is 0 Å². The summed E-state index contributed by atoms with van der Waals surface area (Å²) in [5, 5.41) is 21.7. The number of amides is 2. The molecule has 0 bridgehead atoms. The molecule has 2 aromatic rings. The third-order valence-corrected chi connectivity index (χ3v) is 5.49. The number of nitro benzene ring substituents is 1. The summed E-state index contributed by atoms with van der Waals surface area (Å²) >= 11 is 0.805. The number of benzene rings is 1. The molecule has 0 N–H and O–H groups in total. The first-order chi connectivity index (χ1) is 13.8. The zero-order valence-electron chi connectivity index (χ0n) is 15.3. The van der Waals surface area contributed by atoms with Gasteiger partial charge in [0.05, 0.1) is 27.4 Å². The number of hydrogen-bond acceptors (Lipinski definition) is 8. The lowest BCUT2D eigenvalue weighted by atomic mass is 10.1. The Morgan fingerprint density at radius 1 is 0.966 bits per heavy atom. The molecule has 1 aliphatic heterocycles. The molecule has 2 amide bonds. The van der Waals surface area contributed by atoms with Gasteiger partial charge in [0, 0.05) is 44.4 Å². The highest BCUT2D eigenvalue weighted by atomic mass is 32.1. The van der Waals surface area contributed by atoms with Crippen molar-refractivity contribution in [2.75, 3.05) is 33.3 Å². The van der Waals surface area contributed by atoms with E-state index in [-0.39, 0.29) is 59.0 Å². The van der Waals surface area contributed by atoms with Crippen molar-refractivity contribution < 1.29 is 24.2 Å². The van der Waals surface area contributed by atoms with Gasteiger partial charge in [-0.2, -0.15) is 0 Å². The number of thiophene rings is 1.